The second kappa shape index (κ2) is 6.17. The summed E-state index contributed by atoms with van der Waals surface area (Å²) < 4.78 is 11.0. The summed E-state index contributed by atoms with van der Waals surface area (Å²) in [6.45, 7) is 5.33. The van der Waals surface area contributed by atoms with Gasteiger partial charge in [-0.3, -0.25) is 4.79 Å². The first-order chi connectivity index (χ1) is 9.15. The van der Waals surface area contributed by atoms with Gasteiger partial charge in [-0.25, -0.2) is 0 Å². The molecule has 19 heavy (non-hydrogen) atoms. The van der Waals surface area contributed by atoms with Gasteiger partial charge in [-0.1, -0.05) is 18.2 Å². The second-order valence-corrected chi connectivity index (χ2v) is 4.95. The number of carbonyl (C=O) groups excluding carboxylic acids is 1. The molecule has 0 radical (unpaired) electrons. The minimum absolute atomic E-state index is 0.0481. The largest absolute Gasteiger partial charge is 0.379 e. The predicted octanol–water partition coefficient (Wildman–Crippen LogP) is 2.60. The number of ether oxygens (including phenoxy) is 2. The van der Waals surface area contributed by atoms with Gasteiger partial charge in [0.05, 0.1) is 6.10 Å². The maximum absolute atomic E-state index is 12.3. The lowest BCUT2D eigenvalue weighted by Gasteiger charge is -2.24. The summed E-state index contributed by atoms with van der Waals surface area (Å²) in [5, 5.41) is 0. The van der Waals surface area contributed by atoms with E-state index in [9.17, 15) is 4.79 Å². The third-order valence-electron chi connectivity index (χ3n) is 3.22. The predicted molar refractivity (Wildman–Crippen MR) is 72.9 cm³/mol. The zero-order chi connectivity index (χ0) is 13.8. The van der Waals surface area contributed by atoms with Gasteiger partial charge in [0.15, 0.2) is 6.23 Å². The summed E-state index contributed by atoms with van der Waals surface area (Å²) in [6.07, 6.45) is 0.782. The van der Waals surface area contributed by atoms with Crippen LogP contribution >= 0.6 is 0 Å². The van der Waals surface area contributed by atoms with Gasteiger partial charge in [0.1, 0.15) is 0 Å². The number of benzene rings is 1. The van der Waals surface area contributed by atoms with Crippen molar-refractivity contribution in [2.75, 3.05) is 20.3 Å². The molecule has 0 fully saturated rings. The fourth-order valence-electron chi connectivity index (χ4n) is 2.36. The lowest BCUT2D eigenvalue weighted by molar-refractivity contribution is -0.0174. The van der Waals surface area contributed by atoms with Crippen LogP contribution in [0, 0.1) is 0 Å². The molecule has 0 aliphatic carbocycles. The fourth-order valence-corrected chi connectivity index (χ4v) is 2.36. The summed E-state index contributed by atoms with van der Waals surface area (Å²) in [7, 11) is 1.64. The molecule has 0 saturated heterocycles. The molecule has 0 aromatic heterocycles. The normalized spacial score (nSPS) is 18.2. The van der Waals surface area contributed by atoms with E-state index < -0.39 is 0 Å². The molecule has 1 amide bonds. The maximum atomic E-state index is 12.3. The van der Waals surface area contributed by atoms with Crippen LogP contribution in [0.25, 0.3) is 0 Å². The van der Waals surface area contributed by atoms with E-state index in [-0.39, 0.29) is 18.2 Å². The number of hydrogen-bond donors (Lipinski definition) is 0. The van der Waals surface area contributed by atoms with Crippen LogP contribution in [0.5, 0.6) is 0 Å². The van der Waals surface area contributed by atoms with Gasteiger partial charge in [0, 0.05) is 31.4 Å². The van der Waals surface area contributed by atoms with Crippen molar-refractivity contribution >= 4 is 5.91 Å². The summed E-state index contributed by atoms with van der Waals surface area (Å²) in [5.74, 6) is 0.0481. The van der Waals surface area contributed by atoms with Crippen molar-refractivity contribution < 1.29 is 14.3 Å². The van der Waals surface area contributed by atoms with Gasteiger partial charge in [-0.2, -0.15) is 0 Å². The van der Waals surface area contributed by atoms with E-state index in [0.29, 0.717) is 13.2 Å². The molecular weight excluding hydrogens is 242 g/mol. The standard InChI is InChI=1S/C15H21NO3/c1-11(2)19-10-6-9-16-14(17)12-7-4-5-8-13(12)15(16)18-3/h4-5,7-8,11,15H,6,9-10H2,1-3H3. The monoisotopic (exact) mass is 263 g/mol. The molecule has 1 unspecified atom stereocenters. The van der Waals surface area contributed by atoms with Gasteiger partial charge in [0.25, 0.3) is 5.91 Å². The molecule has 1 aromatic rings. The zero-order valence-corrected chi connectivity index (χ0v) is 11.8. The molecule has 1 aliphatic rings. The fraction of sp³-hybridized carbons (Fsp3) is 0.533. The first-order valence-corrected chi connectivity index (χ1v) is 6.69. The van der Waals surface area contributed by atoms with Crippen LogP contribution < -0.4 is 0 Å². The highest BCUT2D eigenvalue weighted by Gasteiger charge is 2.35. The van der Waals surface area contributed by atoms with E-state index in [0.717, 1.165) is 17.5 Å². The summed E-state index contributed by atoms with van der Waals surface area (Å²) in [5.41, 5.74) is 1.71. The van der Waals surface area contributed by atoms with Gasteiger partial charge in [-0.05, 0) is 26.3 Å². The number of amides is 1. The highest BCUT2D eigenvalue weighted by atomic mass is 16.5. The maximum Gasteiger partial charge on any atom is 0.256 e. The first kappa shape index (κ1) is 14.0. The van der Waals surface area contributed by atoms with Crippen LogP contribution in [-0.4, -0.2) is 37.2 Å². The lowest BCUT2D eigenvalue weighted by Crippen LogP contribution is -2.30. The number of nitrogens with zero attached hydrogens (tertiary/aromatic N) is 1. The van der Waals surface area contributed by atoms with Crippen molar-refractivity contribution in [3.05, 3.63) is 35.4 Å². The molecule has 104 valence electrons. The Bertz CT molecular complexity index is 445. The van der Waals surface area contributed by atoms with Crippen LogP contribution in [0.3, 0.4) is 0 Å². The Morgan fingerprint density at radius 1 is 1.32 bits per heavy atom. The Balaban J connectivity index is 2.00. The van der Waals surface area contributed by atoms with E-state index in [4.69, 9.17) is 9.47 Å². The molecule has 1 heterocycles. The van der Waals surface area contributed by atoms with Crippen LogP contribution in [0.1, 0.15) is 42.4 Å². The van der Waals surface area contributed by atoms with E-state index in [1.807, 2.05) is 38.1 Å². The Morgan fingerprint density at radius 3 is 2.74 bits per heavy atom. The average molecular weight is 263 g/mol. The van der Waals surface area contributed by atoms with Crippen molar-refractivity contribution in [1.29, 1.82) is 0 Å². The molecule has 0 N–H and O–H groups in total. The molecule has 4 nitrogen and oxygen atoms in total. The van der Waals surface area contributed by atoms with Crippen LogP contribution in [0.4, 0.5) is 0 Å². The molecule has 1 aromatic carbocycles. The third-order valence-corrected chi connectivity index (χ3v) is 3.22. The minimum atomic E-state index is -0.261. The van der Waals surface area contributed by atoms with Gasteiger partial charge in [-0.15, -0.1) is 0 Å². The molecule has 0 spiro atoms. The molecule has 1 atom stereocenters. The van der Waals surface area contributed by atoms with Gasteiger partial charge in [0.2, 0.25) is 0 Å². The van der Waals surface area contributed by atoms with Crippen molar-refractivity contribution in [1.82, 2.24) is 4.90 Å². The number of rotatable bonds is 6. The first-order valence-electron chi connectivity index (χ1n) is 6.69. The molecule has 1 aliphatic heterocycles. The number of carbonyl (C=O) groups is 1. The van der Waals surface area contributed by atoms with Crippen LogP contribution in [0.2, 0.25) is 0 Å². The Kier molecular flexibility index (Phi) is 4.56. The molecule has 2 rings (SSSR count). The number of fused-ring (bicyclic) bond motifs is 1. The zero-order valence-electron chi connectivity index (χ0n) is 11.8. The second-order valence-electron chi connectivity index (χ2n) is 4.95. The Hall–Kier alpha value is -1.39. The van der Waals surface area contributed by atoms with E-state index >= 15 is 0 Å². The summed E-state index contributed by atoms with van der Waals surface area (Å²) in [4.78, 5) is 14.1. The molecule has 0 saturated carbocycles. The van der Waals surface area contributed by atoms with E-state index in [2.05, 4.69) is 0 Å². The molecule has 4 heteroatoms. The number of hydrogen-bond acceptors (Lipinski definition) is 3. The third kappa shape index (κ3) is 2.96. The molecular formula is C15H21NO3. The van der Waals surface area contributed by atoms with Crippen molar-refractivity contribution in [2.45, 2.75) is 32.6 Å². The Morgan fingerprint density at radius 2 is 2.05 bits per heavy atom. The summed E-state index contributed by atoms with van der Waals surface area (Å²) >= 11 is 0. The molecule has 0 bridgehead atoms. The highest BCUT2D eigenvalue weighted by molar-refractivity contribution is 5.98. The van der Waals surface area contributed by atoms with Crippen molar-refractivity contribution in [3.63, 3.8) is 0 Å². The highest BCUT2D eigenvalue weighted by Crippen LogP contribution is 2.33. The lowest BCUT2D eigenvalue weighted by atomic mass is 10.1. The Labute approximate surface area is 114 Å². The quantitative estimate of drug-likeness (QED) is 0.740. The summed E-state index contributed by atoms with van der Waals surface area (Å²) in [6, 6.07) is 7.62. The van der Waals surface area contributed by atoms with Crippen molar-refractivity contribution in [2.24, 2.45) is 0 Å². The van der Waals surface area contributed by atoms with Crippen LogP contribution in [-0.2, 0) is 9.47 Å². The topological polar surface area (TPSA) is 38.8 Å². The van der Waals surface area contributed by atoms with Gasteiger partial charge >= 0.3 is 0 Å². The van der Waals surface area contributed by atoms with Crippen molar-refractivity contribution in [3.8, 4) is 0 Å². The smallest absolute Gasteiger partial charge is 0.256 e. The van der Waals surface area contributed by atoms with Crippen LogP contribution in [0.15, 0.2) is 24.3 Å². The van der Waals surface area contributed by atoms with Gasteiger partial charge < -0.3 is 14.4 Å². The van der Waals surface area contributed by atoms with E-state index in [1.54, 1.807) is 12.0 Å². The minimum Gasteiger partial charge on any atom is -0.379 e. The SMILES string of the molecule is COC1c2ccccc2C(=O)N1CCCOC(C)C. The average Bonchev–Trinajstić information content (AvgIpc) is 2.67. The van der Waals surface area contributed by atoms with E-state index in [1.165, 1.54) is 0 Å². The number of methoxy groups -OCH3 is 1.